The predicted octanol–water partition coefficient (Wildman–Crippen LogP) is 3.29. The molecule has 1 aromatic rings. The van der Waals surface area contributed by atoms with Gasteiger partial charge in [-0.2, -0.15) is 0 Å². The molecule has 9 heteroatoms. The van der Waals surface area contributed by atoms with Crippen molar-refractivity contribution < 1.29 is 9.90 Å². The second-order valence-corrected chi connectivity index (χ2v) is 7.22. The number of hydrogen-bond donors (Lipinski definition) is 4. The number of hydrogen-bond acceptors (Lipinski definition) is 3. The molecule has 0 aliphatic heterocycles. The number of carbonyl (C=O) groups excluding carboxylic acids is 1. The maximum atomic E-state index is 11.7. The quantitative estimate of drug-likeness (QED) is 0.356. The summed E-state index contributed by atoms with van der Waals surface area (Å²) in [7, 11) is 0. The number of halogens is 3. The van der Waals surface area contributed by atoms with Crippen LogP contribution in [-0.4, -0.2) is 26.1 Å². The van der Waals surface area contributed by atoms with Crippen LogP contribution in [-0.2, 0) is 4.79 Å². The number of alkyl halides is 3. The summed E-state index contributed by atoms with van der Waals surface area (Å²) in [6.07, 6.45) is -0.00958. The standard InChI is InChI=1S/C13H16Cl3N3O2S/c1-2-4-10(21)18-11(13(14,15)16)19-12(22)17-8-5-3-6-9(20)7-8/h3,5-7,11,20H,2,4H2,1H3,(H,18,21)(H2,17,19,22)/t11-/m0/s1. The lowest BCUT2D eigenvalue weighted by Crippen LogP contribution is -2.56. The van der Waals surface area contributed by atoms with Gasteiger partial charge in [-0.3, -0.25) is 4.79 Å². The summed E-state index contributed by atoms with van der Waals surface area (Å²) < 4.78 is -1.78. The zero-order valence-electron chi connectivity index (χ0n) is 11.7. The fourth-order valence-electron chi connectivity index (χ4n) is 1.54. The van der Waals surface area contributed by atoms with E-state index >= 15 is 0 Å². The number of thiocarbonyl (C=S) groups is 1. The first-order valence-corrected chi connectivity index (χ1v) is 7.99. The number of phenols is 1. The first-order chi connectivity index (χ1) is 10.2. The van der Waals surface area contributed by atoms with E-state index in [1.807, 2.05) is 6.92 Å². The van der Waals surface area contributed by atoms with Gasteiger partial charge in [0.05, 0.1) is 0 Å². The van der Waals surface area contributed by atoms with Crippen LogP contribution in [0.1, 0.15) is 19.8 Å². The molecule has 0 unspecified atom stereocenters. The lowest BCUT2D eigenvalue weighted by atomic mass is 10.3. The predicted molar refractivity (Wildman–Crippen MR) is 94.6 cm³/mol. The van der Waals surface area contributed by atoms with Gasteiger partial charge in [0.1, 0.15) is 11.9 Å². The Labute approximate surface area is 149 Å². The Kier molecular flexibility index (Phi) is 7.48. The van der Waals surface area contributed by atoms with Crippen LogP contribution in [0.2, 0.25) is 0 Å². The topological polar surface area (TPSA) is 73.4 Å². The first-order valence-electron chi connectivity index (χ1n) is 6.45. The zero-order valence-corrected chi connectivity index (χ0v) is 14.8. The highest BCUT2D eigenvalue weighted by molar-refractivity contribution is 7.80. The van der Waals surface area contributed by atoms with Gasteiger partial charge in [-0.1, -0.05) is 47.8 Å². The number of rotatable bonds is 5. The Balaban J connectivity index is 2.68. The van der Waals surface area contributed by atoms with Gasteiger partial charge < -0.3 is 21.1 Å². The normalized spacial score (nSPS) is 12.4. The Bertz CT molecular complexity index is 538. The Morgan fingerprint density at radius 1 is 1.36 bits per heavy atom. The van der Waals surface area contributed by atoms with E-state index in [1.165, 1.54) is 12.1 Å². The van der Waals surface area contributed by atoms with Gasteiger partial charge in [0, 0.05) is 18.2 Å². The number of aromatic hydroxyl groups is 1. The molecule has 0 spiro atoms. The van der Waals surface area contributed by atoms with Gasteiger partial charge in [-0.05, 0) is 30.8 Å². The van der Waals surface area contributed by atoms with Crippen LogP contribution in [0, 0.1) is 0 Å². The van der Waals surface area contributed by atoms with Crippen LogP contribution in [0.15, 0.2) is 24.3 Å². The molecule has 1 amide bonds. The largest absolute Gasteiger partial charge is 0.508 e. The van der Waals surface area contributed by atoms with E-state index in [1.54, 1.807) is 12.1 Å². The second-order valence-electron chi connectivity index (χ2n) is 4.44. The van der Waals surface area contributed by atoms with Gasteiger partial charge in [0.2, 0.25) is 9.70 Å². The van der Waals surface area contributed by atoms with Crippen molar-refractivity contribution in [3.05, 3.63) is 24.3 Å². The molecule has 1 aromatic carbocycles. The van der Waals surface area contributed by atoms with Gasteiger partial charge in [0.25, 0.3) is 0 Å². The van der Waals surface area contributed by atoms with Crippen molar-refractivity contribution in [3.63, 3.8) is 0 Å². The zero-order chi connectivity index (χ0) is 16.8. The van der Waals surface area contributed by atoms with E-state index in [0.717, 1.165) is 0 Å². The van der Waals surface area contributed by atoms with E-state index in [9.17, 15) is 9.90 Å². The number of nitrogens with one attached hydrogen (secondary N) is 3. The van der Waals surface area contributed by atoms with Crippen LogP contribution in [0.4, 0.5) is 5.69 Å². The molecule has 0 heterocycles. The maximum absolute atomic E-state index is 11.7. The molecule has 5 nitrogen and oxygen atoms in total. The molecular formula is C13H16Cl3N3O2S. The highest BCUT2D eigenvalue weighted by Gasteiger charge is 2.34. The molecule has 0 aliphatic carbocycles. The average Bonchev–Trinajstić information content (AvgIpc) is 2.37. The number of amides is 1. The van der Waals surface area contributed by atoms with Crippen molar-refractivity contribution >= 4 is 63.7 Å². The smallest absolute Gasteiger partial charge is 0.228 e. The van der Waals surface area contributed by atoms with Crippen molar-refractivity contribution in [3.8, 4) is 5.75 Å². The summed E-state index contributed by atoms with van der Waals surface area (Å²) in [5, 5.41) is 17.6. The van der Waals surface area contributed by atoms with Crippen LogP contribution < -0.4 is 16.0 Å². The van der Waals surface area contributed by atoms with Crippen LogP contribution in [0.3, 0.4) is 0 Å². The second kappa shape index (κ2) is 8.62. The minimum Gasteiger partial charge on any atom is -0.508 e. The molecule has 0 aromatic heterocycles. The molecule has 0 saturated heterocycles. The summed E-state index contributed by atoms with van der Waals surface area (Å²) >= 11 is 22.6. The molecule has 0 aliphatic rings. The van der Waals surface area contributed by atoms with Crippen molar-refractivity contribution in [2.24, 2.45) is 0 Å². The van der Waals surface area contributed by atoms with E-state index < -0.39 is 9.96 Å². The van der Waals surface area contributed by atoms with Crippen LogP contribution in [0.5, 0.6) is 5.75 Å². The maximum Gasteiger partial charge on any atom is 0.228 e. The minimum absolute atomic E-state index is 0.0852. The molecule has 1 atom stereocenters. The van der Waals surface area contributed by atoms with E-state index in [4.69, 9.17) is 47.0 Å². The number of benzene rings is 1. The highest BCUT2D eigenvalue weighted by atomic mass is 35.6. The monoisotopic (exact) mass is 383 g/mol. The molecule has 1 rings (SSSR count). The molecule has 0 radical (unpaired) electrons. The molecule has 0 bridgehead atoms. The van der Waals surface area contributed by atoms with Gasteiger partial charge in [-0.15, -0.1) is 0 Å². The van der Waals surface area contributed by atoms with Gasteiger partial charge in [0.15, 0.2) is 5.11 Å². The summed E-state index contributed by atoms with van der Waals surface area (Å²) in [5.41, 5.74) is 0.556. The van der Waals surface area contributed by atoms with Crippen molar-refractivity contribution in [1.29, 1.82) is 0 Å². The van der Waals surface area contributed by atoms with Gasteiger partial charge >= 0.3 is 0 Å². The Hall–Kier alpha value is -0.950. The fourth-order valence-corrected chi connectivity index (χ4v) is 2.10. The Morgan fingerprint density at radius 3 is 2.59 bits per heavy atom. The van der Waals surface area contributed by atoms with E-state index in [2.05, 4.69) is 16.0 Å². The molecule has 22 heavy (non-hydrogen) atoms. The lowest BCUT2D eigenvalue weighted by molar-refractivity contribution is -0.121. The van der Waals surface area contributed by atoms with Crippen molar-refractivity contribution in [2.75, 3.05) is 5.32 Å². The average molecular weight is 385 g/mol. The Morgan fingerprint density at radius 2 is 2.05 bits per heavy atom. The van der Waals surface area contributed by atoms with Crippen LogP contribution in [0.25, 0.3) is 0 Å². The van der Waals surface area contributed by atoms with E-state index in [-0.39, 0.29) is 16.8 Å². The highest BCUT2D eigenvalue weighted by Crippen LogP contribution is 2.29. The lowest BCUT2D eigenvalue weighted by Gasteiger charge is -2.27. The molecule has 122 valence electrons. The van der Waals surface area contributed by atoms with E-state index in [0.29, 0.717) is 18.5 Å². The number of anilines is 1. The third-order valence-electron chi connectivity index (χ3n) is 2.49. The summed E-state index contributed by atoms with van der Waals surface area (Å²) in [4.78, 5) is 11.7. The third-order valence-corrected chi connectivity index (χ3v) is 3.36. The number of phenolic OH excluding ortho intramolecular Hbond substituents is 1. The number of carbonyl (C=O) groups is 1. The third kappa shape index (κ3) is 6.87. The van der Waals surface area contributed by atoms with Crippen molar-refractivity contribution in [2.45, 2.75) is 29.7 Å². The SMILES string of the molecule is CCCC(=O)N[C@@H](NC(=S)Nc1cccc(O)c1)C(Cl)(Cl)Cl. The van der Waals surface area contributed by atoms with Gasteiger partial charge in [-0.25, -0.2) is 0 Å². The fraction of sp³-hybridized carbons (Fsp3) is 0.385. The molecule has 4 N–H and O–H groups in total. The molecular weight excluding hydrogens is 369 g/mol. The van der Waals surface area contributed by atoms with Crippen LogP contribution >= 0.6 is 47.0 Å². The molecule has 0 fully saturated rings. The summed E-state index contributed by atoms with van der Waals surface area (Å²) in [5.74, 6) is -0.173. The first kappa shape index (κ1) is 19.1. The minimum atomic E-state index is -1.78. The summed E-state index contributed by atoms with van der Waals surface area (Å²) in [6.45, 7) is 1.87. The van der Waals surface area contributed by atoms with Crippen molar-refractivity contribution in [1.82, 2.24) is 10.6 Å². The molecule has 0 saturated carbocycles. The summed E-state index contributed by atoms with van der Waals surface area (Å²) in [6, 6.07) is 6.36.